The van der Waals surface area contributed by atoms with Gasteiger partial charge >= 0.3 is 11.9 Å². The highest BCUT2D eigenvalue weighted by atomic mass is 16.4. The summed E-state index contributed by atoms with van der Waals surface area (Å²) in [6.45, 7) is 3.94. The van der Waals surface area contributed by atoms with Crippen molar-refractivity contribution in [2.45, 2.75) is 76.5 Å². The highest BCUT2D eigenvalue weighted by molar-refractivity contribution is 6.03. The summed E-state index contributed by atoms with van der Waals surface area (Å²) in [6.07, 6.45) is 2.05. The molecule has 2 aliphatic heterocycles. The van der Waals surface area contributed by atoms with Crippen molar-refractivity contribution in [3.8, 4) is 0 Å². The van der Waals surface area contributed by atoms with E-state index in [1.807, 2.05) is 38.1 Å². The number of fused-ring (bicyclic) bond motifs is 2. The lowest BCUT2D eigenvalue weighted by molar-refractivity contribution is -0.145. The first-order valence-corrected chi connectivity index (χ1v) is 13.8. The topological polar surface area (TPSA) is 201 Å². The zero-order chi connectivity index (χ0) is 31.1. The summed E-state index contributed by atoms with van der Waals surface area (Å²) in [5.74, 6) is -4.57. The minimum Gasteiger partial charge on any atom is -0.481 e. The first-order valence-electron chi connectivity index (χ1n) is 13.8. The van der Waals surface area contributed by atoms with Crippen LogP contribution in [-0.2, 0) is 19.2 Å². The summed E-state index contributed by atoms with van der Waals surface area (Å²) in [7, 11) is 0. The quantitative estimate of drug-likeness (QED) is 0.293. The van der Waals surface area contributed by atoms with Gasteiger partial charge < -0.3 is 31.5 Å². The fourth-order valence-corrected chi connectivity index (χ4v) is 5.68. The zero-order valence-corrected chi connectivity index (χ0v) is 23.6. The molecular weight excluding hydrogens is 544 g/mol. The van der Waals surface area contributed by atoms with E-state index in [9.17, 15) is 33.9 Å². The van der Waals surface area contributed by atoms with Crippen molar-refractivity contribution in [1.82, 2.24) is 9.80 Å². The number of amides is 4. The number of carboxylic acid groups (broad SMARTS) is 2. The van der Waals surface area contributed by atoms with Crippen molar-refractivity contribution in [2.75, 3.05) is 0 Å². The van der Waals surface area contributed by atoms with E-state index in [0.29, 0.717) is 24.0 Å². The molecule has 0 radical (unpaired) electrons. The molecule has 0 saturated heterocycles. The van der Waals surface area contributed by atoms with Gasteiger partial charge in [0.25, 0.3) is 11.8 Å². The molecule has 4 unspecified atom stereocenters. The normalized spacial score (nSPS) is 18.4. The number of rotatable bonds is 12. The molecule has 0 bridgehead atoms. The molecule has 42 heavy (non-hydrogen) atoms. The van der Waals surface area contributed by atoms with E-state index >= 15 is 0 Å². The molecule has 2 aromatic rings. The number of carbonyl (C=O) groups is 6. The molecule has 0 aliphatic carbocycles. The van der Waals surface area contributed by atoms with E-state index in [-0.39, 0.29) is 30.3 Å². The third kappa shape index (κ3) is 6.59. The van der Waals surface area contributed by atoms with Crippen LogP contribution in [0.3, 0.4) is 0 Å². The highest BCUT2D eigenvalue weighted by Gasteiger charge is 2.44. The van der Waals surface area contributed by atoms with Crippen molar-refractivity contribution in [1.29, 1.82) is 0 Å². The molecule has 4 amide bonds. The van der Waals surface area contributed by atoms with Gasteiger partial charge in [0.05, 0.1) is 24.9 Å². The second kappa shape index (κ2) is 13.7. The highest BCUT2D eigenvalue weighted by Crippen LogP contribution is 2.39. The largest absolute Gasteiger partial charge is 0.481 e. The monoisotopic (exact) mass is 580 g/mol. The average Bonchev–Trinajstić information content (AvgIpc) is 3.37. The molecule has 12 nitrogen and oxygen atoms in total. The lowest BCUT2D eigenvalue weighted by Crippen LogP contribution is -2.47. The van der Waals surface area contributed by atoms with Crippen LogP contribution < -0.4 is 11.5 Å². The molecule has 0 saturated carbocycles. The van der Waals surface area contributed by atoms with Gasteiger partial charge in [0, 0.05) is 11.1 Å². The van der Waals surface area contributed by atoms with E-state index in [1.165, 1.54) is 9.80 Å². The number of nitrogens with two attached hydrogens (primary N) is 2. The second-order valence-corrected chi connectivity index (χ2v) is 10.2. The van der Waals surface area contributed by atoms with Crippen LogP contribution in [0.25, 0.3) is 0 Å². The van der Waals surface area contributed by atoms with Gasteiger partial charge in [-0.05, 0) is 36.1 Å². The van der Waals surface area contributed by atoms with Gasteiger partial charge in [-0.15, -0.1) is 0 Å². The molecule has 2 aliphatic rings. The molecule has 2 aromatic carbocycles. The van der Waals surface area contributed by atoms with Gasteiger partial charge in [-0.3, -0.25) is 24.0 Å². The molecule has 0 fully saturated rings. The van der Waals surface area contributed by atoms with Crippen LogP contribution >= 0.6 is 0 Å². The number of carboxylic acids is 2. The van der Waals surface area contributed by atoms with Crippen LogP contribution in [0.4, 0.5) is 0 Å². The first kappa shape index (κ1) is 31.8. The van der Waals surface area contributed by atoms with Gasteiger partial charge in [0.15, 0.2) is 0 Å². The zero-order valence-electron chi connectivity index (χ0n) is 23.6. The molecule has 6 N–H and O–H groups in total. The van der Waals surface area contributed by atoms with Gasteiger partial charge in [0.2, 0.25) is 11.8 Å². The van der Waals surface area contributed by atoms with E-state index in [1.54, 1.807) is 24.3 Å². The lowest BCUT2D eigenvalue weighted by Gasteiger charge is -2.30. The number of hydrogen-bond donors (Lipinski definition) is 4. The maximum Gasteiger partial charge on any atom is 0.326 e. The molecule has 0 aromatic heterocycles. The smallest absolute Gasteiger partial charge is 0.326 e. The third-order valence-electron chi connectivity index (χ3n) is 7.41. The van der Waals surface area contributed by atoms with Crippen LogP contribution in [0.5, 0.6) is 0 Å². The first-order chi connectivity index (χ1) is 19.9. The van der Waals surface area contributed by atoms with E-state index in [4.69, 9.17) is 16.6 Å². The number of carbonyl (C=O) groups excluding carboxylic acids is 4. The van der Waals surface area contributed by atoms with Gasteiger partial charge in [0.1, 0.15) is 12.1 Å². The second-order valence-electron chi connectivity index (χ2n) is 10.2. The Morgan fingerprint density at radius 3 is 1.52 bits per heavy atom. The summed E-state index contributed by atoms with van der Waals surface area (Å²) in [5, 5.41) is 18.3. The Morgan fingerprint density at radius 1 is 0.738 bits per heavy atom. The maximum absolute atomic E-state index is 12.5. The Bertz CT molecular complexity index is 1270. The van der Waals surface area contributed by atoms with Gasteiger partial charge in [-0.25, -0.2) is 4.79 Å². The summed E-state index contributed by atoms with van der Waals surface area (Å²) in [6, 6.07) is 11.2. The molecule has 2 heterocycles. The number of aliphatic carboxylic acids is 2. The molecule has 0 spiro atoms. The molecule has 12 heteroatoms. The Labute approximate surface area is 243 Å². The number of benzene rings is 2. The molecular formula is C30H36N4O8. The summed E-state index contributed by atoms with van der Waals surface area (Å²) >= 11 is 0. The molecule has 224 valence electrons. The van der Waals surface area contributed by atoms with Crippen molar-refractivity contribution in [3.05, 3.63) is 70.8 Å². The van der Waals surface area contributed by atoms with Crippen LogP contribution in [0.15, 0.2) is 48.5 Å². The fraction of sp³-hybridized carbons (Fsp3) is 0.400. The molecule has 4 rings (SSSR count). The lowest BCUT2D eigenvalue weighted by atomic mass is 10.00. The maximum atomic E-state index is 12.5. The predicted molar refractivity (Wildman–Crippen MR) is 151 cm³/mol. The Balaban J connectivity index is 0.000000230. The van der Waals surface area contributed by atoms with Crippen LogP contribution in [0.1, 0.15) is 96.3 Å². The van der Waals surface area contributed by atoms with E-state index in [0.717, 1.165) is 24.0 Å². The van der Waals surface area contributed by atoms with Crippen LogP contribution in [0.2, 0.25) is 0 Å². The van der Waals surface area contributed by atoms with Crippen LogP contribution in [-0.4, -0.2) is 67.7 Å². The Kier molecular flexibility index (Phi) is 10.4. The fourth-order valence-electron chi connectivity index (χ4n) is 5.68. The standard InChI is InChI=1S/2C15H18N2O4/c1-2-5-11-9-6-3-4-7-10(9)15(21)17(11)12(14(16)20)8-13(18)19;1-2-5-11-9-6-3-4-7-10(9)14(19)17(11)12(15(20)21)8-13(16)18/h3-4,6-7,11-12H,2,5,8H2,1H3,(H2,16,20)(H,18,19);3-4,6-7,11-12H,2,5,8H2,1H3,(H2,16,18)(H,20,21). The minimum absolute atomic E-state index is 0.296. The van der Waals surface area contributed by atoms with E-state index in [2.05, 4.69) is 0 Å². The van der Waals surface area contributed by atoms with Crippen molar-refractivity contribution >= 4 is 35.6 Å². The van der Waals surface area contributed by atoms with Crippen molar-refractivity contribution < 1.29 is 39.0 Å². The summed E-state index contributed by atoms with van der Waals surface area (Å²) < 4.78 is 0. The number of hydrogen-bond acceptors (Lipinski definition) is 6. The predicted octanol–water partition coefficient (Wildman–Crippen LogP) is 2.62. The van der Waals surface area contributed by atoms with E-state index < -0.39 is 42.3 Å². The molecule has 4 atom stereocenters. The van der Waals surface area contributed by atoms with Crippen molar-refractivity contribution in [2.24, 2.45) is 11.5 Å². The number of primary amides is 2. The number of nitrogens with zero attached hydrogens (tertiary/aromatic N) is 2. The summed E-state index contributed by atoms with van der Waals surface area (Å²) in [5.41, 5.74) is 13.1. The SMILES string of the molecule is CCCC1c2ccccc2C(=O)N1C(CC(=O)O)C(N)=O.CCCC1c2ccccc2C(=O)N1C(CC(N)=O)C(=O)O. The Morgan fingerprint density at radius 2 is 1.17 bits per heavy atom. The average molecular weight is 581 g/mol. The minimum atomic E-state index is -1.22. The Hall–Kier alpha value is -4.74. The van der Waals surface area contributed by atoms with Crippen molar-refractivity contribution in [3.63, 3.8) is 0 Å². The van der Waals surface area contributed by atoms with Crippen LogP contribution in [0, 0.1) is 0 Å². The summed E-state index contributed by atoms with van der Waals surface area (Å²) in [4.78, 5) is 72.9. The third-order valence-corrected chi connectivity index (χ3v) is 7.41. The van der Waals surface area contributed by atoms with Gasteiger partial charge in [-0.1, -0.05) is 63.1 Å². The van der Waals surface area contributed by atoms with Gasteiger partial charge in [-0.2, -0.15) is 0 Å².